The Morgan fingerprint density at radius 2 is 1.77 bits per heavy atom. The molecule has 0 saturated carbocycles. The Bertz CT molecular complexity index is 1010. The fourth-order valence-electron chi connectivity index (χ4n) is 3.57. The molecular weight excluding hydrogens is 398 g/mol. The second-order valence-electron chi connectivity index (χ2n) is 7.84. The average Bonchev–Trinajstić information content (AvgIpc) is 2.75. The highest BCUT2D eigenvalue weighted by molar-refractivity contribution is 7.92. The number of quaternary nitrogens is 1. The molecule has 3 rings (SSSR count). The Hall–Kier alpha value is -2.48. The van der Waals surface area contributed by atoms with Crippen molar-refractivity contribution in [3.05, 3.63) is 70.6 Å². The van der Waals surface area contributed by atoms with E-state index in [0.717, 1.165) is 27.3 Å². The number of hydrogen-bond acceptors (Lipinski definition) is 3. The number of piperazine rings is 1. The third-order valence-corrected chi connectivity index (χ3v) is 7.18. The van der Waals surface area contributed by atoms with Crippen LogP contribution < -0.4 is 10.2 Å². The number of aryl methyl sites for hydroxylation is 2. The molecule has 0 aromatic heterocycles. The molecule has 1 saturated heterocycles. The van der Waals surface area contributed by atoms with Crippen molar-refractivity contribution in [1.82, 2.24) is 4.31 Å². The van der Waals surface area contributed by atoms with E-state index in [0.29, 0.717) is 26.2 Å². The molecule has 1 atom stereocenters. The summed E-state index contributed by atoms with van der Waals surface area (Å²) in [7, 11) is -3.47. The van der Waals surface area contributed by atoms with Gasteiger partial charge < -0.3 is 10.2 Å². The molecule has 0 aliphatic carbocycles. The van der Waals surface area contributed by atoms with Crippen molar-refractivity contribution >= 4 is 27.7 Å². The van der Waals surface area contributed by atoms with Crippen LogP contribution in [0.1, 0.15) is 23.6 Å². The summed E-state index contributed by atoms with van der Waals surface area (Å²) in [5.41, 5.74) is 3.80. The van der Waals surface area contributed by atoms with Gasteiger partial charge in [0.15, 0.2) is 6.04 Å². The van der Waals surface area contributed by atoms with E-state index in [1.54, 1.807) is 6.08 Å². The monoisotopic (exact) mass is 428 g/mol. The Morgan fingerprint density at radius 3 is 2.43 bits per heavy atom. The number of sulfonamides is 1. The third kappa shape index (κ3) is 5.56. The van der Waals surface area contributed by atoms with Crippen LogP contribution in [0.4, 0.5) is 5.69 Å². The van der Waals surface area contributed by atoms with Gasteiger partial charge in [-0.25, -0.2) is 8.42 Å². The molecule has 1 fully saturated rings. The summed E-state index contributed by atoms with van der Waals surface area (Å²) in [4.78, 5) is 13.8. The topological polar surface area (TPSA) is 70.9 Å². The van der Waals surface area contributed by atoms with Gasteiger partial charge in [-0.1, -0.05) is 42.5 Å². The predicted molar refractivity (Wildman–Crippen MR) is 121 cm³/mol. The van der Waals surface area contributed by atoms with Crippen molar-refractivity contribution in [3.63, 3.8) is 0 Å². The summed E-state index contributed by atoms with van der Waals surface area (Å²) < 4.78 is 26.8. The number of nitrogens with zero attached hydrogens (tertiary/aromatic N) is 1. The van der Waals surface area contributed by atoms with Gasteiger partial charge in [-0.3, -0.25) is 4.79 Å². The first-order valence-electron chi connectivity index (χ1n) is 10.2. The van der Waals surface area contributed by atoms with Gasteiger partial charge in [0.25, 0.3) is 5.91 Å². The number of carbonyl (C=O) groups is 1. The molecule has 1 aliphatic rings. The van der Waals surface area contributed by atoms with E-state index >= 15 is 0 Å². The third-order valence-electron chi connectivity index (χ3n) is 5.61. The number of nitrogens with one attached hydrogen (secondary N) is 2. The van der Waals surface area contributed by atoms with Gasteiger partial charge in [0.2, 0.25) is 10.0 Å². The number of rotatable bonds is 6. The minimum atomic E-state index is -3.47. The van der Waals surface area contributed by atoms with E-state index in [4.69, 9.17) is 0 Å². The molecule has 7 heteroatoms. The van der Waals surface area contributed by atoms with Crippen LogP contribution in [0.25, 0.3) is 6.08 Å². The van der Waals surface area contributed by atoms with Gasteiger partial charge in [0.1, 0.15) is 0 Å². The van der Waals surface area contributed by atoms with Crippen molar-refractivity contribution in [1.29, 1.82) is 0 Å². The Morgan fingerprint density at radius 1 is 1.10 bits per heavy atom. The van der Waals surface area contributed by atoms with Crippen LogP contribution in [0.3, 0.4) is 0 Å². The van der Waals surface area contributed by atoms with Crippen LogP contribution in [0.5, 0.6) is 0 Å². The van der Waals surface area contributed by atoms with Crippen LogP contribution in [-0.4, -0.2) is 50.9 Å². The van der Waals surface area contributed by atoms with E-state index in [9.17, 15) is 13.2 Å². The SMILES string of the molecule is Cc1ccc(C)c(NC(=O)[C@@H](C)[NH+]2CCN(S(=O)(=O)/C=C/c3ccccc3)CC2)c1. The summed E-state index contributed by atoms with van der Waals surface area (Å²) >= 11 is 0. The zero-order valence-electron chi connectivity index (χ0n) is 17.8. The fourth-order valence-corrected chi connectivity index (χ4v) is 4.77. The van der Waals surface area contributed by atoms with E-state index in [2.05, 4.69) is 5.32 Å². The molecule has 2 aromatic carbocycles. The molecule has 30 heavy (non-hydrogen) atoms. The van der Waals surface area contributed by atoms with E-state index in [1.807, 2.05) is 69.3 Å². The maximum atomic E-state index is 12.7. The number of hydrogen-bond donors (Lipinski definition) is 2. The smallest absolute Gasteiger partial charge is 0.282 e. The zero-order valence-corrected chi connectivity index (χ0v) is 18.6. The highest BCUT2D eigenvalue weighted by Crippen LogP contribution is 2.16. The Kier molecular flexibility index (Phi) is 7.07. The molecule has 0 spiro atoms. The lowest BCUT2D eigenvalue weighted by Gasteiger charge is -2.33. The van der Waals surface area contributed by atoms with Crippen molar-refractivity contribution in [2.75, 3.05) is 31.5 Å². The molecule has 6 nitrogen and oxygen atoms in total. The summed E-state index contributed by atoms with van der Waals surface area (Å²) in [6.07, 6.45) is 1.62. The molecule has 2 aromatic rings. The van der Waals surface area contributed by atoms with Gasteiger partial charge in [0, 0.05) is 11.1 Å². The molecule has 0 bridgehead atoms. The average molecular weight is 429 g/mol. The van der Waals surface area contributed by atoms with Crippen molar-refractivity contribution in [2.45, 2.75) is 26.8 Å². The maximum Gasteiger partial charge on any atom is 0.282 e. The first-order chi connectivity index (χ1) is 14.3. The lowest BCUT2D eigenvalue weighted by molar-refractivity contribution is -0.917. The molecule has 160 valence electrons. The van der Waals surface area contributed by atoms with E-state index in [1.165, 1.54) is 9.71 Å². The standard InChI is InChI=1S/C23H29N3O3S/c1-18-9-10-19(2)22(17-18)24-23(27)20(3)25-12-14-26(15-13-25)30(28,29)16-11-21-7-5-4-6-8-21/h4-11,16-17,20H,12-15H2,1-3H3,(H,24,27)/p+1/b16-11+/t20-/m1/s1. The van der Waals surface area contributed by atoms with Gasteiger partial charge in [0.05, 0.1) is 26.2 Å². The molecule has 2 N–H and O–H groups in total. The van der Waals surface area contributed by atoms with Gasteiger partial charge >= 0.3 is 0 Å². The maximum absolute atomic E-state index is 12.7. The first kappa shape index (κ1) is 22.2. The minimum Gasteiger partial charge on any atom is -0.323 e. The first-order valence-corrected chi connectivity index (χ1v) is 11.7. The number of amides is 1. The number of carbonyl (C=O) groups excluding carboxylic acids is 1. The second-order valence-corrected chi connectivity index (χ2v) is 9.66. The molecule has 1 aliphatic heterocycles. The normalized spacial score (nSPS) is 17.2. The summed E-state index contributed by atoms with van der Waals surface area (Å²) in [6.45, 7) is 7.86. The summed E-state index contributed by atoms with van der Waals surface area (Å²) in [5.74, 6) is -0.0426. The fraction of sp³-hybridized carbons (Fsp3) is 0.348. The van der Waals surface area contributed by atoms with Crippen molar-refractivity contribution < 1.29 is 18.1 Å². The minimum absolute atomic E-state index is 0.0426. The van der Waals surface area contributed by atoms with Crippen LogP contribution >= 0.6 is 0 Å². The summed E-state index contributed by atoms with van der Waals surface area (Å²) in [6, 6.07) is 15.1. The van der Waals surface area contributed by atoms with Gasteiger partial charge in [-0.05, 0) is 49.6 Å². The predicted octanol–water partition coefficient (Wildman–Crippen LogP) is 1.83. The van der Waals surface area contributed by atoms with Crippen LogP contribution in [-0.2, 0) is 14.8 Å². The number of benzene rings is 2. The lowest BCUT2D eigenvalue weighted by Crippen LogP contribution is -3.19. The highest BCUT2D eigenvalue weighted by Gasteiger charge is 2.32. The molecule has 1 heterocycles. The molecular formula is C23H30N3O3S+. The Labute approximate surface area is 179 Å². The molecule has 0 unspecified atom stereocenters. The number of anilines is 1. The van der Waals surface area contributed by atoms with Crippen LogP contribution in [0.2, 0.25) is 0 Å². The highest BCUT2D eigenvalue weighted by atomic mass is 32.2. The zero-order chi connectivity index (χ0) is 21.7. The molecule has 1 amide bonds. The van der Waals surface area contributed by atoms with Crippen LogP contribution in [0.15, 0.2) is 53.9 Å². The van der Waals surface area contributed by atoms with Gasteiger partial charge in [-0.2, -0.15) is 4.31 Å². The quantitative estimate of drug-likeness (QED) is 0.738. The Balaban J connectivity index is 1.57. The van der Waals surface area contributed by atoms with E-state index < -0.39 is 10.0 Å². The molecule has 0 radical (unpaired) electrons. The summed E-state index contributed by atoms with van der Waals surface area (Å²) in [5, 5.41) is 4.29. The van der Waals surface area contributed by atoms with E-state index in [-0.39, 0.29) is 11.9 Å². The largest absolute Gasteiger partial charge is 0.323 e. The van der Waals surface area contributed by atoms with Crippen LogP contribution in [0, 0.1) is 13.8 Å². The second kappa shape index (κ2) is 9.55. The van der Waals surface area contributed by atoms with Gasteiger partial charge in [-0.15, -0.1) is 0 Å². The van der Waals surface area contributed by atoms with Crippen molar-refractivity contribution in [2.24, 2.45) is 0 Å². The van der Waals surface area contributed by atoms with Crippen molar-refractivity contribution in [3.8, 4) is 0 Å². The lowest BCUT2D eigenvalue weighted by atomic mass is 10.1.